The monoisotopic (exact) mass is 378 g/mol. The Bertz CT molecular complexity index is 1090. The van der Waals surface area contributed by atoms with Crippen molar-refractivity contribution >= 4 is 44.7 Å². The van der Waals surface area contributed by atoms with Crippen LogP contribution in [-0.2, 0) is 0 Å². The molecule has 0 spiro atoms. The fourth-order valence-corrected chi connectivity index (χ4v) is 3.81. The normalized spacial score (nSPS) is 10.8. The Balaban J connectivity index is 1.61. The predicted octanol–water partition coefficient (Wildman–Crippen LogP) is 6.18. The van der Waals surface area contributed by atoms with E-state index in [4.69, 9.17) is 11.6 Å². The number of carbonyl (C=O) groups is 1. The molecule has 3 nitrogen and oxygen atoms in total. The summed E-state index contributed by atoms with van der Waals surface area (Å²) in [6.45, 7) is 1.91. The number of halogens is 1. The van der Waals surface area contributed by atoms with Gasteiger partial charge in [-0.3, -0.25) is 4.79 Å². The Kier molecular flexibility index (Phi) is 4.45. The van der Waals surface area contributed by atoms with Gasteiger partial charge in [-0.2, -0.15) is 0 Å². The number of para-hydroxylation sites is 1. The van der Waals surface area contributed by atoms with Crippen LogP contribution in [0.3, 0.4) is 0 Å². The van der Waals surface area contributed by atoms with Gasteiger partial charge in [0.05, 0.1) is 10.2 Å². The number of rotatable bonds is 3. The number of aromatic nitrogens is 1. The highest BCUT2D eigenvalue weighted by Gasteiger charge is 2.10. The third-order valence-corrected chi connectivity index (χ3v) is 5.59. The molecule has 0 unspecified atom stereocenters. The second-order valence-corrected chi connectivity index (χ2v) is 7.42. The van der Waals surface area contributed by atoms with Crippen LogP contribution in [0.1, 0.15) is 15.9 Å². The fraction of sp³-hybridized carbons (Fsp3) is 0.0476. The molecule has 4 aromatic rings. The molecule has 0 saturated heterocycles. The van der Waals surface area contributed by atoms with E-state index < -0.39 is 0 Å². The van der Waals surface area contributed by atoms with Gasteiger partial charge in [0.25, 0.3) is 5.91 Å². The highest BCUT2D eigenvalue weighted by Crippen LogP contribution is 2.31. The van der Waals surface area contributed by atoms with Crippen LogP contribution < -0.4 is 5.32 Å². The van der Waals surface area contributed by atoms with Crippen LogP contribution in [0.25, 0.3) is 20.8 Å². The number of nitrogens with zero attached hydrogens (tertiary/aromatic N) is 1. The minimum absolute atomic E-state index is 0.187. The van der Waals surface area contributed by atoms with E-state index in [0.29, 0.717) is 10.6 Å². The van der Waals surface area contributed by atoms with Gasteiger partial charge in [0.2, 0.25) is 0 Å². The fourth-order valence-electron chi connectivity index (χ4n) is 2.66. The van der Waals surface area contributed by atoms with Gasteiger partial charge in [-0.05, 0) is 48.9 Å². The summed E-state index contributed by atoms with van der Waals surface area (Å²) in [5.74, 6) is -0.187. The molecule has 1 N–H and O–H groups in total. The molecule has 0 fully saturated rings. The molecule has 1 heterocycles. The first kappa shape index (κ1) is 16.8. The van der Waals surface area contributed by atoms with Crippen LogP contribution in [0.4, 0.5) is 5.69 Å². The Hall–Kier alpha value is -2.69. The number of amides is 1. The number of benzene rings is 3. The van der Waals surface area contributed by atoms with E-state index in [1.807, 2.05) is 55.5 Å². The zero-order valence-electron chi connectivity index (χ0n) is 14.0. The number of anilines is 1. The summed E-state index contributed by atoms with van der Waals surface area (Å²) in [5.41, 5.74) is 4.16. The van der Waals surface area contributed by atoms with Crippen molar-refractivity contribution in [1.82, 2.24) is 4.98 Å². The van der Waals surface area contributed by atoms with Gasteiger partial charge >= 0.3 is 0 Å². The van der Waals surface area contributed by atoms with E-state index in [-0.39, 0.29) is 5.91 Å². The lowest BCUT2D eigenvalue weighted by atomic mass is 10.1. The van der Waals surface area contributed by atoms with E-state index in [1.165, 1.54) is 0 Å². The Morgan fingerprint density at radius 1 is 1.04 bits per heavy atom. The quantitative estimate of drug-likeness (QED) is 0.462. The van der Waals surface area contributed by atoms with Gasteiger partial charge in [-0.15, -0.1) is 11.3 Å². The smallest absolute Gasteiger partial charge is 0.255 e. The third kappa shape index (κ3) is 3.34. The summed E-state index contributed by atoms with van der Waals surface area (Å²) in [6, 6.07) is 21.1. The van der Waals surface area contributed by atoms with Crippen LogP contribution in [0.2, 0.25) is 5.02 Å². The van der Waals surface area contributed by atoms with Gasteiger partial charge in [0.1, 0.15) is 5.01 Å². The average Bonchev–Trinajstić information content (AvgIpc) is 3.08. The lowest BCUT2D eigenvalue weighted by Gasteiger charge is -2.07. The summed E-state index contributed by atoms with van der Waals surface area (Å²) in [4.78, 5) is 17.2. The number of fused-ring (bicyclic) bond motifs is 1. The van der Waals surface area contributed by atoms with Crippen LogP contribution in [0, 0.1) is 6.92 Å². The third-order valence-electron chi connectivity index (χ3n) is 4.10. The molecule has 1 aromatic heterocycles. The number of thiazole rings is 1. The Labute approximate surface area is 160 Å². The van der Waals surface area contributed by atoms with Crippen molar-refractivity contribution in [3.63, 3.8) is 0 Å². The Morgan fingerprint density at radius 2 is 1.88 bits per heavy atom. The molecule has 5 heteroatoms. The highest BCUT2D eigenvalue weighted by molar-refractivity contribution is 7.21. The molecule has 0 bridgehead atoms. The van der Waals surface area contributed by atoms with Gasteiger partial charge in [-0.1, -0.05) is 41.9 Å². The zero-order valence-corrected chi connectivity index (χ0v) is 15.6. The largest absolute Gasteiger partial charge is 0.322 e. The number of nitrogens with one attached hydrogen (secondary N) is 1. The lowest BCUT2D eigenvalue weighted by Crippen LogP contribution is -2.11. The number of hydrogen-bond donors (Lipinski definition) is 1. The van der Waals surface area contributed by atoms with E-state index >= 15 is 0 Å². The summed E-state index contributed by atoms with van der Waals surface area (Å²) in [5, 5.41) is 4.44. The van der Waals surface area contributed by atoms with E-state index in [2.05, 4.69) is 16.4 Å². The molecular formula is C21H15ClN2OS. The van der Waals surface area contributed by atoms with Crippen LogP contribution in [-0.4, -0.2) is 10.9 Å². The van der Waals surface area contributed by atoms with E-state index in [0.717, 1.165) is 32.0 Å². The van der Waals surface area contributed by atoms with E-state index in [1.54, 1.807) is 23.5 Å². The van der Waals surface area contributed by atoms with Crippen LogP contribution in [0.15, 0.2) is 66.7 Å². The van der Waals surface area contributed by atoms with Gasteiger partial charge in [-0.25, -0.2) is 4.98 Å². The second-order valence-electron chi connectivity index (χ2n) is 5.99. The summed E-state index contributed by atoms with van der Waals surface area (Å²) in [7, 11) is 0. The molecule has 3 aromatic carbocycles. The molecule has 0 aliphatic carbocycles. The maximum absolute atomic E-state index is 12.5. The highest BCUT2D eigenvalue weighted by atomic mass is 35.5. The first-order chi connectivity index (χ1) is 12.6. The lowest BCUT2D eigenvalue weighted by molar-refractivity contribution is 0.102. The van der Waals surface area contributed by atoms with Gasteiger partial charge < -0.3 is 5.32 Å². The van der Waals surface area contributed by atoms with Crippen molar-refractivity contribution in [3.8, 4) is 10.6 Å². The van der Waals surface area contributed by atoms with Crippen molar-refractivity contribution < 1.29 is 4.79 Å². The molecule has 1 amide bonds. The maximum Gasteiger partial charge on any atom is 0.255 e. The molecular weight excluding hydrogens is 364 g/mol. The molecule has 0 atom stereocenters. The van der Waals surface area contributed by atoms with Crippen LogP contribution >= 0.6 is 22.9 Å². The molecule has 4 rings (SSSR count). The first-order valence-corrected chi connectivity index (χ1v) is 9.33. The predicted molar refractivity (Wildman–Crippen MR) is 109 cm³/mol. The molecule has 0 aliphatic rings. The molecule has 0 radical (unpaired) electrons. The van der Waals surface area contributed by atoms with Crippen molar-refractivity contribution in [2.24, 2.45) is 0 Å². The number of aryl methyl sites for hydroxylation is 1. The van der Waals surface area contributed by atoms with Gasteiger partial charge in [0.15, 0.2) is 0 Å². The zero-order chi connectivity index (χ0) is 18.1. The standard InChI is InChI=1S/C21H15ClN2OS/c1-13-9-10-14(12-17(13)22)20(25)23-16-6-4-5-15(11-16)21-24-18-7-2-3-8-19(18)26-21/h2-12H,1H3,(H,23,25). The van der Waals surface area contributed by atoms with Crippen molar-refractivity contribution in [2.75, 3.05) is 5.32 Å². The number of carbonyl (C=O) groups excluding carboxylic acids is 1. The van der Waals surface area contributed by atoms with Crippen molar-refractivity contribution in [2.45, 2.75) is 6.92 Å². The average molecular weight is 379 g/mol. The molecule has 26 heavy (non-hydrogen) atoms. The van der Waals surface area contributed by atoms with Crippen LogP contribution in [0.5, 0.6) is 0 Å². The van der Waals surface area contributed by atoms with E-state index in [9.17, 15) is 4.79 Å². The minimum Gasteiger partial charge on any atom is -0.322 e. The van der Waals surface area contributed by atoms with Crippen molar-refractivity contribution in [3.05, 3.63) is 82.9 Å². The molecule has 128 valence electrons. The number of hydrogen-bond acceptors (Lipinski definition) is 3. The SMILES string of the molecule is Cc1ccc(C(=O)Nc2cccc(-c3nc4ccccc4s3)c2)cc1Cl. The molecule has 0 aliphatic heterocycles. The first-order valence-electron chi connectivity index (χ1n) is 8.14. The summed E-state index contributed by atoms with van der Waals surface area (Å²) >= 11 is 7.75. The summed E-state index contributed by atoms with van der Waals surface area (Å²) < 4.78 is 1.14. The Morgan fingerprint density at radius 3 is 2.69 bits per heavy atom. The van der Waals surface area contributed by atoms with Gasteiger partial charge in [0, 0.05) is 21.8 Å². The topological polar surface area (TPSA) is 42.0 Å². The van der Waals surface area contributed by atoms with Crippen molar-refractivity contribution in [1.29, 1.82) is 0 Å². The second kappa shape index (κ2) is 6.90. The molecule has 0 saturated carbocycles. The maximum atomic E-state index is 12.5. The summed E-state index contributed by atoms with van der Waals surface area (Å²) in [6.07, 6.45) is 0. The minimum atomic E-state index is -0.187.